The van der Waals surface area contributed by atoms with E-state index >= 15 is 0 Å². The van der Waals surface area contributed by atoms with E-state index in [1.807, 2.05) is 42.5 Å². The van der Waals surface area contributed by atoms with Gasteiger partial charge in [-0.05, 0) is 48.6 Å². The van der Waals surface area contributed by atoms with Crippen LogP contribution in [0.25, 0.3) is 0 Å². The van der Waals surface area contributed by atoms with Crippen molar-refractivity contribution in [3.05, 3.63) is 88.3 Å². The second-order valence-corrected chi connectivity index (χ2v) is 13.1. The van der Waals surface area contributed by atoms with E-state index in [0.717, 1.165) is 16.0 Å². The summed E-state index contributed by atoms with van der Waals surface area (Å²) in [5.41, 5.74) is 2.32. The van der Waals surface area contributed by atoms with Gasteiger partial charge in [0.15, 0.2) is 0 Å². The van der Waals surface area contributed by atoms with E-state index in [4.69, 9.17) is 4.74 Å². The van der Waals surface area contributed by atoms with Crippen LogP contribution < -0.4 is 10.6 Å². The second kappa shape index (κ2) is 14.1. The lowest BCUT2D eigenvalue weighted by molar-refractivity contribution is -0.146. The molecule has 0 radical (unpaired) electrons. The topological polar surface area (TPSA) is 142 Å². The number of fused-ring (bicyclic) bond motifs is 1. The molecule has 3 aromatic rings. The van der Waals surface area contributed by atoms with Crippen LogP contribution in [0.2, 0.25) is 0 Å². The van der Waals surface area contributed by atoms with Gasteiger partial charge in [0.1, 0.15) is 10.3 Å². The Morgan fingerprint density at radius 2 is 1.73 bits per heavy atom. The molecule has 2 aliphatic rings. The molecule has 45 heavy (non-hydrogen) atoms. The van der Waals surface area contributed by atoms with Gasteiger partial charge in [-0.2, -0.15) is 0 Å². The number of aliphatic carboxylic acids is 1. The molecule has 234 valence electrons. The normalized spacial score (nSPS) is 18.0. The number of hydrogen-bond acceptors (Lipinski definition) is 8. The lowest BCUT2D eigenvalue weighted by atomic mass is 9.82. The van der Waals surface area contributed by atoms with Gasteiger partial charge in [0, 0.05) is 28.9 Å². The van der Waals surface area contributed by atoms with Crippen LogP contribution in [0.3, 0.4) is 0 Å². The monoisotopic (exact) mass is 647 g/mol. The highest BCUT2D eigenvalue weighted by Gasteiger charge is 2.34. The fourth-order valence-electron chi connectivity index (χ4n) is 5.55. The quantitative estimate of drug-likeness (QED) is 0.157. The molecule has 1 aliphatic carbocycles. The molecule has 2 aromatic carbocycles. The zero-order valence-corrected chi connectivity index (χ0v) is 26.4. The lowest BCUT2D eigenvalue weighted by Gasteiger charge is -2.25. The van der Waals surface area contributed by atoms with E-state index in [0.29, 0.717) is 53.5 Å². The highest BCUT2D eigenvalue weighted by molar-refractivity contribution is 8.00. The zero-order valence-electron chi connectivity index (χ0n) is 24.8. The van der Waals surface area contributed by atoms with Crippen molar-refractivity contribution in [1.82, 2.24) is 4.90 Å². The number of carboxylic acids is 1. The molecular weight excluding hydrogens is 615 g/mol. The number of nitrogens with zero attached hydrogens (tertiary/aromatic N) is 1. The van der Waals surface area contributed by atoms with Crippen LogP contribution in [0.5, 0.6) is 0 Å². The summed E-state index contributed by atoms with van der Waals surface area (Å²) in [5.74, 6) is -3.81. The standard InChI is InChI=1S/C33H33N3O7S2/c1-19(37)36-16-15-25-26(18-36)45-31(27(25)33(42)43-2)35-30(39)28(20-9-4-3-5-10-20)44-22-12-8-11-21(17-22)34-29(38)23-13-6-7-14-24(23)32(40)41/h3-12,17,23-24,28H,13-16,18H2,1-2H3,(H,34,38)(H,35,39)(H,40,41). The number of rotatable bonds is 9. The maximum absolute atomic E-state index is 14.0. The van der Waals surface area contributed by atoms with E-state index < -0.39 is 29.0 Å². The minimum Gasteiger partial charge on any atom is -0.481 e. The van der Waals surface area contributed by atoms with Gasteiger partial charge in [-0.15, -0.1) is 23.1 Å². The number of carbonyl (C=O) groups is 5. The van der Waals surface area contributed by atoms with Crippen molar-refractivity contribution >= 4 is 63.4 Å². The number of ether oxygens (including phenoxy) is 1. The number of amides is 3. The molecule has 3 atom stereocenters. The molecule has 10 nitrogen and oxygen atoms in total. The minimum atomic E-state index is -1.00. The van der Waals surface area contributed by atoms with E-state index in [9.17, 15) is 29.1 Å². The molecule has 3 amide bonds. The molecule has 3 N–H and O–H groups in total. The zero-order chi connectivity index (χ0) is 32.1. The summed E-state index contributed by atoms with van der Waals surface area (Å²) >= 11 is 2.55. The van der Waals surface area contributed by atoms with Gasteiger partial charge in [0.25, 0.3) is 0 Å². The van der Waals surface area contributed by atoms with Gasteiger partial charge in [-0.25, -0.2) is 4.79 Å². The Labute approximate surface area is 268 Å². The van der Waals surface area contributed by atoms with Crippen molar-refractivity contribution in [2.24, 2.45) is 11.8 Å². The summed E-state index contributed by atoms with van der Waals surface area (Å²) in [4.78, 5) is 66.8. The Kier molecular flexibility index (Phi) is 10.0. The average molecular weight is 648 g/mol. The number of carbonyl (C=O) groups excluding carboxylic acids is 4. The minimum absolute atomic E-state index is 0.0597. The van der Waals surface area contributed by atoms with Gasteiger partial charge >= 0.3 is 11.9 Å². The first-order valence-electron chi connectivity index (χ1n) is 14.5. The van der Waals surface area contributed by atoms with E-state index in [2.05, 4.69) is 10.6 Å². The highest BCUT2D eigenvalue weighted by atomic mass is 32.2. The highest BCUT2D eigenvalue weighted by Crippen LogP contribution is 2.41. The van der Waals surface area contributed by atoms with E-state index in [1.165, 1.54) is 37.1 Å². The lowest BCUT2D eigenvalue weighted by Crippen LogP contribution is -2.34. The largest absolute Gasteiger partial charge is 0.481 e. The van der Waals surface area contributed by atoms with Crippen molar-refractivity contribution in [1.29, 1.82) is 0 Å². The molecule has 0 fully saturated rings. The van der Waals surface area contributed by atoms with Crippen molar-refractivity contribution < 1.29 is 33.8 Å². The molecule has 2 heterocycles. The molecule has 1 aliphatic heterocycles. The summed E-state index contributed by atoms with van der Waals surface area (Å²) in [6.07, 6.45) is 4.74. The van der Waals surface area contributed by atoms with Crippen molar-refractivity contribution in [2.75, 3.05) is 24.3 Å². The number of anilines is 2. The molecule has 0 bridgehead atoms. The van der Waals surface area contributed by atoms with Crippen LogP contribution in [0, 0.1) is 11.8 Å². The molecule has 12 heteroatoms. The molecule has 0 spiro atoms. The van der Waals surface area contributed by atoms with E-state index in [1.54, 1.807) is 29.2 Å². The SMILES string of the molecule is COC(=O)c1c(NC(=O)C(Sc2cccc(NC(=O)C3CC=CCC3C(=O)O)c2)c2ccccc2)sc2c1CCN(C(C)=O)C2. The van der Waals surface area contributed by atoms with Gasteiger partial charge in [0.05, 0.1) is 31.1 Å². The summed E-state index contributed by atoms with van der Waals surface area (Å²) in [6.45, 7) is 2.33. The Hall–Kier alpha value is -4.42. The molecule has 0 saturated heterocycles. The maximum atomic E-state index is 14.0. The molecule has 5 rings (SSSR count). The van der Waals surface area contributed by atoms with Crippen LogP contribution in [-0.2, 0) is 36.9 Å². The molecule has 0 saturated carbocycles. The Bertz CT molecular complexity index is 1650. The number of thiophene rings is 1. The third kappa shape index (κ3) is 7.29. The Balaban J connectivity index is 1.39. The van der Waals surface area contributed by atoms with Crippen molar-refractivity contribution in [3.63, 3.8) is 0 Å². The number of thioether (sulfide) groups is 1. The van der Waals surface area contributed by atoms with Crippen LogP contribution >= 0.6 is 23.1 Å². The fourth-order valence-corrected chi connectivity index (χ4v) is 7.89. The summed E-state index contributed by atoms with van der Waals surface area (Å²) < 4.78 is 5.07. The smallest absolute Gasteiger partial charge is 0.341 e. The number of hydrogen-bond donors (Lipinski definition) is 3. The van der Waals surface area contributed by atoms with Crippen molar-refractivity contribution in [2.45, 2.75) is 42.9 Å². The predicted molar refractivity (Wildman–Crippen MR) is 172 cm³/mol. The first-order valence-corrected chi connectivity index (χ1v) is 16.2. The van der Waals surface area contributed by atoms with Crippen LogP contribution in [0.1, 0.15) is 51.4 Å². The average Bonchev–Trinajstić information content (AvgIpc) is 3.40. The first kappa shape index (κ1) is 32.0. The third-order valence-electron chi connectivity index (χ3n) is 7.91. The van der Waals surface area contributed by atoms with Gasteiger partial charge in [-0.3, -0.25) is 19.2 Å². The number of carboxylic acid groups (broad SMARTS) is 1. The first-order chi connectivity index (χ1) is 21.7. The van der Waals surface area contributed by atoms with Crippen LogP contribution in [-0.4, -0.2) is 53.3 Å². The van der Waals surface area contributed by atoms with Crippen LogP contribution in [0.15, 0.2) is 71.6 Å². The number of allylic oxidation sites excluding steroid dienone is 2. The Morgan fingerprint density at radius 1 is 1.00 bits per heavy atom. The number of benzene rings is 2. The van der Waals surface area contributed by atoms with Gasteiger partial charge in [-0.1, -0.05) is 48.6 Å². The second-order valence-electron chi connectivity index (χ2n) is 10.8. The van der Waals surface area contributed by atoms with Gasteiger partial charge < -0.3 is 25.4 Å². The molecular formula is C33H33N3O7S2. The third-order valence-corrected chi connectivity index (χ3v) is 10.3. The summed E-state index contributed by atoms with van der Waals surface area (Å²) in [6, 6.07) is 16.3. The van der Waals surface area contributed by atoms with Gasteiger partial charge in [0.2, 0.25) is 17.7 Å². The van der Waals surface area contributed by atoms with Crippen LogP contribution in [0.4, 0.5) is 10.7 Å². The molecule has 3 unspecified atom stereocenters. The predicted octanol–water partition coefficient (Wildman–Crippen LogP) is 5.52. The summed E-state index contributed by atoms with van der Waals surface area (Å²) in [7, 11) is 1.30. The maximum Gasteiger partial charge on any atom is 0.341 e. The van der Waals surface area contributed by atoms with E-state index in [-0.39, 0.29) is 17.7 Å². The fraction of sp³-hybridized carbons (Fsp3) is 0.303. The Morgan fingerprint density at radius 3 is 2.42 bits per heavy atom. The number of nitrogens with one attached hydrogen (secondary N) is 2. The number of esters is 1. The molecule has 1 aromatic heterocycles. The summed E-state index contributed by atoms with van der Waals surface area (Å²) in [5, 5.41) is 15.1. The number of methoxy groups -OCH3 is 1. The van der Waals surface area contributed by atoms with Crippen molar-refractivity contribution in [3.8, 4) is 0 Å².